The number of hydrogen-bond donors (Lipinski definition) is 2. The van der Waals surface area contributed by atoms with Gasteiger partial charge in [-0.15, -0.1) is 35.7 Å². The Morgan fingerprint density at radius 1 is 1.25 bits per heavy atom. The highest BCUT2D eigenvalue weighted by Crippen LogP contribution is 2.21. The van der Waals surface area contributed by atoms with Crippen LogP contribution in [0.15, 0.2) is 40.4 Å². The molecule has 0 saturated carbocycles. The predicted molar refractivity (Wildman–Crippen MR) is 107 cm³/mol. The third-order valence-corrected chi connectivity index (χ3v) is 4.02. The number of aliphatic imine (C=N–C) groups is 1. The van der Waals surface area contributed by atoms with Crippen LogP contribution in [0.2, 0.25) is 0 Å². The van der Waals surface area contributed by atoms with Gasteiger partial charge in [0.25, 0.3) is 0 Å². The van der Waals surface area contributed by atoms with Crippen LogP contribution < -0.4 is 10.6 Å². The van der Waals surface area contributed by atoms with Crippen molar-refractivity contribution in [2.75, 3.05) is 13.3 Å². The molecule has 0 fully saturated rings. The van der Waals surface area contributed by atoms with Crippen LogP contribution in [0.3, 0.4) is 0 Å². The monoisotopic (exact) mass is 461 g/mol. The third kappa shape index (κ3) is 6.23. The number of thioether (sulfide) groups is 1. The van der Waals surface area contributed by atoms with Gasteiger partial charge in [-0.3, -0.25) is 4.99 Å². The van der Waals surface area contributed by atoms with Crippen LogP contribution >= 0.6 is 35.7 Å². The van der Waals surface area contributed by atoms with E-state index in [4.69, 9.17) is 0 Å². The molecule has 0 bridgehead atoms. The number of benzene rings is 1. The van der Waals surface area contributed by atoms with Crippen LogP contribution in [0.1, 0.15) is 17.1 Å². The molecule has 0 aliphatic heterocycles. The number of rotatable bonds is 5. The van der Waals surface area contributed by atoms with Crippen LogP contribution in [-0.2, 0) is 13.1 Å². The van der Waals surface area contributed by atoms with E-state index in [1.165, 1.54) is 6.07 Å². The van der Waals surface area contributed by atoms with Gasteiger partial charge in [-0.05, 0) is 43.0 Å². The van der Waals surface area contributed by atoms with E-state index in [2.05, 4.69) is 25.6 Å². The lowest BCUT2D eigenvalue weighted by Gasteiger charge is -2.13. The highest BCUT2D eigenvalue weighted by molar-refractivity contribution is 14.0. The molecule has 1 heterocycles. The molecule has 0 amide bonds. The molecule has 0 aliphatic rings. The summed E-state index contributed by atoms with van der Waals surface area (Å²) in [4.78, 5) is 13.6. The first-order chi connectivity index (χ1) is 11.1. The Morgan fingerprint density at radius 3 is 2.67 bits per heavy atom. The van der Waals surface area contributed by atoms with E-state index in [1.807, 2.05) is 19.2 Å². The second-order valence-corrected chi connectivity index (χ2v) is 5.68. The van der Waals surface area contributed by atoms with E-state index in [0.717, 1.165) is 22.0 Å². The van der Waals surface area contributed by atoms with E-state index in [-0.39, 0.29) is 29.8 Å². The van der Waals surface area contributed by atoms with E-state index < -0.39 is 0 Å². The minimum Gasteiger partial charge on any atom is -0.352 e. The van der Waals surface area contributed by atoms with Gasteiger partial charge in [0.1, 0.15) is 11.6 Å². The Balaban J connectivity index is 0.00000288. The maximum atomic E-state index is 13.4. The largest absolute Gasteiger partial charge is 0.352 e. The maximum absolute atomic E-state index is 13.4. The summed E-state index contributed by atoms with van der Waals surface area (Å²) in [5.41, 5.74) is 1.79. The normalized spacial score (nSPS) is 10.9. The van der Waals surface area contributed by atoms with Gasteiger partial charge in [-0.25, -0.2) is 14.4 Å². The molecule has 0 aliphatic carbocycles. The van der Waals surface area contributed by atoms with Crippen molar-refractivity contribution in [3.8, 4) is 0 Å². The quantitative estimate of drug-likeness (QED) is 0.310. The van der Waals surface area contributed by atoms with Crippen LogP contribution in [0, 0.1) is 12.7 Å². The zero-order valence-corrected chi connectivity index (χ0v) is 17.0. The number of nitrogens with zero attached hydrogens (tertiary/aromatic N) is 3. The molecule has 8 heteroatoms. The standard InChI is InChI=1S/C16H20FN5S.HI/c1-11-19-7-6-14(22-11)10-21-16(18-2)20-9-12-8-13(17)4-5-15(12)23-3;/h4-8H,9-10H2,1-3H3,(H2,18,20,21);1H. The van der Waals surface area contributed by atoms with Gasteiger partial charge in [0, 0.05) is 24.7 Å². The van der Waals surface area contributed by atoms with E-state index in [1.54, 1.807) is 37.1 Å². The first-order valence-electron chi connectivity index (χ1n) is 7.18. The smallest absolute Gasteiger partial charge is 0.191 e. The Bertz CT molecular complexity index is 696. The average molecular weight is 461 g/mol. The molecule has 0 radical (unpaired) electrons. The highest BCUT2D eigenvalue weighted by atomic mass is 127. The lowest BCUT2D eigenvalue weighted by atomic mass is 10.2. The van der Waals surface area contributed by atoms with Gasteiger partial charge >= 0.3 is 0 Å². The Hall–Kier alpha value is -1.42. The average Bonchev–Trinajstić information content (AvgIpc) is 2.55. The molecular formula is C16H21FIN5S. The summed E-state index contributed by atoms with van der Waals surface area (Å²) < 4.78 is 13.4. The summed E-state index contributed by atoms with van der Waals surface area (Å²) in [5, 5.41) is 6.37. The lowest BCUT2D eigenvalue weighted by Crippen LogP contribution is -2.36. The van der Waals surface area contributed by atoms with Crippen LogP contribution in [0.25, 0.3) is 0 Å². The molecule has 0 spiro atoms. The summed E-state index contributed by atoms with van der Waals surface area (Å²) in [6.07, 6.45) is 3.70. The summed E-state index contributed by atoms with van der Waals surface area (Å²) >= 11 is 1.59. The van der Waals surface area contributed by atoms with Crippen molar-refractivity contribution < 1.29 is 4.39 Å². The van der Waals surface area contributed by atoms with Gasteiger partial charge in [0.05, 0.1) is 12.2 Å². The second-order valence-electron chi connectivity index (χ2n) is 4.83. The molecule has 2 rings (SSSR count). The van der Waals surface area contributed by atoms with E-state index >= 15 is 0 Å². The molecule has 24 heavy (non-hydrogen) atoms. The lowest BCUT2D eigenvalue weighted by molar-refractivity contribution is 0.622. The Morgan fingerprint density at radius 2 is 2.00 bits per heavy atom. The third-order valence-electron chi connectivity index (χ3n) is 3.18. The number of hydrogen-bond acceptors (Lipinski definition) is 4. The summed E-state index contributed by atoms with van der Waals surface area (Å²) in [5.74, 6) is 1.13. The number of aromatic nitrogens is 2. The zero-order chi connectivity index (χ0) is 16.7. The molecule has 130 valence electrons. The first kappa shape index (κ1) is 20.6. The molecule has 0 atom stereocenters. The van der Waals surface area contributed by atoms with Crippen LogP contribution in [0.5, 0.6) is 0 Å². The first-order valence-corrected chi connectivity index (χ1v) is 8.40. The molecule has 5 nitrogen and oxygen atoms in total. The van der Waals surface area contributed by atoms with Crippen LogP contribution in [0.4, 0.5) is 4.39 Å². The van der Waals surface area contributed by atoms with Gasteiger partial charge < -0.3 is 10.6 Å². The number of halogens is 2. The minimum absolute atomic E-state index is 0. The summed E-state index contributed by atoms with van der Waals surface area (Å²) in [6.45, 7) is 2.89. The van der Waals surface area contributed by atoms with Crippen LogP contribution in [-0.4, -0.2) is 29.2 Å². The van der Waals surface area contributed by atoms with E-state index in [0.29, 0.717) is 19.0 Å². The molecule has 0 saturated heterocycles. The van der Waals surface area contributed by atoms with Gasteiger partial charge in [-0.1, -0.05) is 0 Å². The molecular weight excluding hydrogens is 440 g/mol. The van der Waals surface area contributed by atoms with Crippen molar-refractivity contribution in [1.82, 2.24) is 20.6 Å². The highest BCUT2D eigenvalue weighted by Gasteiger charge is 2.05. The summed E-state index contributed by atoms with van der Waals surface area (Å²) in [7, 11) is 1.70. The predicted octanol–water partition coefficient (Wildman–Crippen LogP) is 3.13. The Kier molecular flexibility index (Phi) is 8.98. The molecule has 2 aromatic rings. The van der Waals surface area contributed by atoms with Crippen molar-refractivity contribution in [3.63, 3.8) is 0 Å². The topological polar surface area (TPSA) is 62.2 Å². The van der Waals surface area contributed by atoms with Crippen molar-refractivity contribution in [2.24, 2.45) is 4.99 Å². The number of nitrogens with one attached hydrogen (secondary N) is 2. The van der Waals surface area contributed by atoms with Crippen molar-refractivity contribution in [1.29, 1.82) is 0 Å². The number of aryl methyl sites for hydroxylation is 1. The van der Waals surface area contributed by atoms with Gasteiger partial charge in [0.15, 0.2) is 5.96 Å². The van der Waals surface area contributed by atoms with Crippen molar-refractivity contribution >= 4 is 41.7 Å². The fourth-order valence-electron chi connectivity index (χ4n) is 2.06. The minimum atomic E-state index is -0.237. The van der Waals surface area contributed by atoms with Crippen molar-refractivity contribution in [3.05, 3.63) is 53.4 Å². The van der Waals surface area contributed by atoms with Gasteiger partial charge in [0.2, 0.25) is 0 Å². The Labute approximate surface area is 163 Å². The fraction of sp³-hybridized carbons (Fsp3) is 0.312. The molecule has 0 unspecified atom stereocenters. The maximum Gasteiger partial charge on any atom is 0.191 e. The molecule has 2 N–H and O–H groups in total. The van der Waals surface area contributed by atoms with Gasteiger partial charge in [-0.2, -0.15) is 0 Å². The fourth-order valence-corrected chi connectivity index (χ4v) is 2.66. The summed E-state index contributed by atoms with van der Waals surface area (Å²) in [6, 6.07) is 6.66. The van der Waals surface area contributed by atoms with Crippen molar-refractivity contribution in [2.45, 2.75) is 24.9 Å². The molecule has 1 aromatic carbocycles. The zero-order valence-electron chi connectivity index (χ0n) is 13.8. The molecule has 1 aromatic heterocycles. The SMILES string of the molecule is CN=C(NCc1ccnc(C)n1)NCc1cc(F)ccc1SC.I. The number of guanidine groups is 1. The van der Waals surface area contributed by atoms with E-state index in [9.17, 15) is 4.39 Å². The second kappa shape index (κ2) is 10.4.